The predicted octanol–water partition coefficient (Wildman–Crippen LogP) is 1.51. The van der Waals surface area contributed by atoms with Crippen molar-refractivity contribution in [2.45, 2.75) is 20.8 Å². The molecule has 0 radical (unpaired) electrons. The first kappa shape index (κ1) is 7.21. The van der Waals surface area contributed by atoms with E-state index in [1.807, 2.05) is 26.8 Å². The first-order valence-corrected chi connectivity index (χ1v) is 2.68. The highest BCUT2D eigenvalue weighted by atomic mass is 15.3. The van der Waals surface area contributed by atoms with Crippen LogP contribution in [0.25, 0.3) is 0 Å². The third-order valence-electron chi connectivity index (χ3n) is 0.803. The summed E-state index contributed by atoms with van der Waals surface area (Å²) >= 11 is 0. The molecule has 2 nitrogen and oxygen atoms in total. The predicted molar refractivity (Wildman–Crippen MR) is 36.7 cm³/mol. The number of hydrogen-bond acceptors (Lipinski definition) is 2. The second-order valence-corrected chi connectivity index (χ2v) is 1.47. The zero-order valence-electron chi connectivity index (χ0n) is 5.60. The Hall–Kier alpha value is -0.790. The van der Waals surface area contributed by atoms with Crippen molar-refractivity contribution in [1.82, 2.24) is 5.43 Å². The van der Waals surface area contributed by atoms with Crippen LogP contribution >= 0.6 is 0 Å². The molecule has 1 N–H and O–H groups in total. The largest absolute Gasteiger partial charge is 0.284 e. The standard InChI is InChI=1S/C6H12N2/c1-4-6(3)8-7-5-2/h4-5,8H,1-3H3/b6-4-,7-5-. The molecule has 0 aromatic heterocycles. The third-order valence-corrected chi connectivity index (χ3v) is 0.803. The molecule has 0 saturated heterocycles. The van der Waals surface area contributed by atoms with Crippen LogP contribution in [-0.2, 0) is 0 Å². The molecule has 0 bridgehead atoms. The highest BCUT2D eigenvalue weighted by molar-refractivity contribution is 5.52. The van der Waals surface area contributed by atoms with E-state index >= 15 is 0 Å². The van der Waals surface area contributed by atoms with Gasteiger partial charge in [-0.25, -0.2) is 0 Å². The molecule has 0 spiro atoms. The van der Waals surface area contributed by atoms with Gasteiger partial charge in [0.1, 0.15) is 0 Å². The fraction of sp³-hybridized carbons (Fsp3) is 0.500. The van der Waals surface area contributed by atoms with Crippen LogP contribution in [0.1, 0.15) is 20.8 Å². The Bertz CT molecular complexity index is 103. The summed E-state index contributed by atoms with van der Waals surface area (Å²) in [6.45, 7) is 5.80. The fourth-order valence-corrected chi connectivity index (χ4v) is 0.231. The summed E-state index contributed by atoms with van der Waals surface area (Å²) in [5.74, 6) is 0. The Labute approximate surface area is 50.3 Å². The molecule has 0 fully saturated rings. The number of nitrogens with one attached hydrogen (secondary N) is 1. The summed E-state index contributed by atoms with van der Waals surface area (Å²) in [6, 6.07) is 0. The molecular formula is C6H12N2. The number of rotatable bonds is 2. The van der Waals surface area contributed by atoms with Gasteiger partial charge in [-0.2, -0.15) is 5.10 Å². The van der Waals surface area contributed by atoms with Crippen molar-refractivity contribution in [3.8, 4) is 0 Å². The van der Waals surface area contributed by atoms with Gasteiger partial charge in [-0.3, -0.25) is 5.43 Å². The molecule has 8 heavy (non-hydrogen) atoms. The van der Waals surface area contributed by atoms with Crippen LogP contribution in [0, 0.1) is 0 Å². The van der Waals surface area contributed by atoms with E-state index in [9.17, 15) is 0 Å². The molecule has 0 rings (SSSR count). The van der Waals surface area contributed by atoms with Crippen LogP contribution in [0.15, 0.2) is 16.9 Å². The van der Waals surface area contributed by atoms with E-state index in [-0.39, 0.29) is 0 Å². The van der Waals surface area contributed by atoms with Gasteiger partial charge in [0.2, 0.25) is 0 Å². The summed E-state index contributed by atoms with van der Waals surface area (Å²) in [5.41, 5.74) is 3.88. The summed E-state index contributed by atoms with van der Waals surface area (Å²) in [5, 5.41) is 3.80. The van der Waals surface area contributed by atoms with Gasteiger partial charge in [0.25, 0.3) is 0 Å². The van der Waals surface area contributed by atoms with E-state index in [0.717, 1.165) is 5.70 Å². The van der Waals surface area contributed by atoms with Gasteiger partial charge in [0.05, 0.1) is 0 Å². The van der Waals surface area contributed by atoms with Crippen molar-refractivity contribution in [3.05, 3.63) is 11.8 Å². The van der Waals surface area contributed by atoms with Crippen LogP contribution in [0.3, 0.4) is 0 Å². The van der Waals surface area contributed by atoms with E-state index in [2.05, 4.69) is 10.5 Å². The van der Waals surface area contributed by atoms with Gasteiger partial charge in [-0.15, -0.1) is 0 Å². The zero-order valence-corrected chi connectivity index (χ0v) is 5.60. The van der Waals surface area contributed by atoms with Crippen LogP contribution in [0.5, 0.6) is 0 Å². The molecule has 0 aliphatic carbocycles. The van der Waals surface area contributed by atoms with Crippen LogP contribution < -0.4 is 5.43 Å². The topological polar surface area (TPSA) is 24.4 Å². The minimum absolute atomic E-state index is 1.07. The van der Waals surface area contributed by atoms with Crippen molar-refractivity contribution in [1.29, 1.82) is 0 Å². The Morgan fingerprint density at radius 2 is 2.12 bits per heavy atom. The Morgan fingerprint density at radius 3 is 2.50 bits per heavy atom. The molecule has 0 saturated carbocycles. The molecular weight excluding hydrogens is 100 g/mol. The molecule has 0 aliphatic heterocycles. The summed E-state index contributed by atoms with van der Waals surface area (Å²) in [7, 11) is 0. The van der Waals surface area contributed by atoms with Crippen molar-refractivity contribution in [2.75, 3.05) is 0 Å². The van der Waals surface area contributed by atoms with Crippen LogP contribution in [-0.4, -0.2) is 6.21 Å². The van der Waals surface area contributed by atoms with Crippen LogP contribution in [0.4, 0.5) is 0 Å². The van der Waals surface area contributed by atoms with Crippen molar-refractivity contribution >= 4 is 6.21 Å². The number of nitrogens with zero attached hydrogens (tertiary/aromatic N) is 1. The van der Waals surface area contributed by atoms with Crippen molar-refractivity contribution < 1.29 is 0 Å². The van der Waals surface area contributed by atoms with Gasteiger partial charge >= 0.3 is 0 Å². The lowest BCUT2D eigenvalue weighted by Crippen LogP contribution is -1.99. The van der Waals surface area contributed by atoms with Crippen LogP contribution in [0.2, 0.25) is 0 Å². The van der Waals surface area contributed by atoms with Gasteiger partial charge < -0.3 is 0 Å². The van der Waals surface area contributed by atoms with Crippen molar-refractivity contribution in [2.24, 2.45) is 5.10 Å². The third kappa shape index (κ3) is 3.40. The molecule has 0 amide bonds. The molecule has 0 atom stereocenters. The molecule has 0 aromatic carbocycles. The quantitative estimate of drug-likeness (QED) is 0.425. The summed E-state index contributed by atoms with van der Waals surface area (Å²) < 4.78 is 0. The highest BCUT2D eigenvalue weighted by Gasteiger charge is 1.74. The van der Waals surface area contributed by atoms with Gasteiger partial charge in [0, 0.05) is 11.9 Å². The van der Waals surface area contributed by atoms with E-state index in [1.165, 1.54) is 0 Å². The SMILES string of the molecule is C/C=N\N/C(C)=C\C. The Kier molecular flexibility index (Phi) is 3.94. The normalized spacial score (nSPS) is 12.6. The lowest BCUT2D eigenvalue weighted by molar-refractivity contribution is 0.889. The minimum atomic E-state index is 1.07. The summed E-state index contributed by atoms with van der Waals surface area (Å²) in [6.07, 6.45) is 3.68. The fourth-order valence-electron chi connectivity index (χ4n) is 0.231. The zero-order chi connectivity index (χ0) is 6.41. The summed E-state index contributed by atoms with van der Waals surface area (Å²) in [4.78, 5) is 0. The van der Waals surface area contributed by atoms with Gasteiger partial charge in [0.15, 0.2) is 0 Å². The van der Waals surface area contributed by atoms with Gasteiger partial charge in [-0.1, -0.05) is 6.08 Å². The molecule has 0 aromatic rings. The van der Waals surface area contributed by atoms with E-state index in [1.54, 1.807) is 6.21 Å². The molecule has 46 valence electrons. The lowest BCUT2D eigenvalue weighted by atomic mass is 10.5. The molecule has 2 heteroatoms. The minimum Gasteiger partial charge on any atom is -0.284 e. The smallest absolute Gasteiger partial charge is 0.0262 e. The first-order chi connectivity index (χ1) is 3.81. The van der Waals surface area contributed by atoms with E-state index in [4.69, 9.17) is 0 Å². The average Bonchev–Trinajstić information content (AvgIpc) is 1.83. The average molecular weight is 112 g/mol. The number of hydrogen-bond donors (Lipinski definition) is 1. The first-order valence-electron chi connectivity index (χ1n) is 2.68. The van der Waals surface area contributed by atoms with Gasteiger partial charge in [-0.05, 0) is 20.8 Å². The van der Waals surface area contributed by atoms with Crippen molar-refractivity contribution in [3.63, 3.8) is 0 Å². The number of hydrazone groups is 1. The number of allylic oxidation sites excluding steroid dienone is 2. The molecule has 0 heterocycles. The molecule has 0 aliphatic rings. The Morgan fingerprint density at radius 1 is 1.50 bits per heavy atom. The maximum atomic E-state index is 3.80. The maximum absolute atomic E-state index is 3.80. The maximum Gasteiger partial charge on any atom is 0.0262 e. The highest BCUT2D eigenvalue weighted by Crippen LogP contribution is 1.81. The van der Waals surface area contributed by atoms with E-state index < -0.39 is 0 Å². The van der Waals surface area contributed by atoms with E-state index in [0.29, 0.717) is 0 Å². The molecule has 0 unspecified atom stereocenters. The second kappa shape index (κ2) is 4.37. The Balaban J connectivity index is 3.40. The second-order valence-electron chi connectivity index (χ2n) is 1.47. The monoisotopic (exact) mass is 112 g/mol. The lowest BCUT2D eigenvalue weighted by Gasteiger charge is -1.94.